The Bertz CT molecular complexity index is 1930. The highest BCUT2D eigenvalue weighted by Gasteiger charge is 2.52. The maximum Gasteiger partial charge on any atom is 0.264 e. The molecule has 0 aromatic heterocycles. The minimum Gasteiger partial charge on any atom is -0.490 e. The number of sulfonamides is 1. The number of amides is 1. The Labute approximate surface area is 385 Å². The number of carbonyl (C=O) groups excluding carboxylic acids is 1. The number of thioether (sulfide) groups is 2. The molecule has 1 spiro atoms. The van der Waals surface area contributed by atoms with Crippen LogP contribution in [0.4, 0.5) is 5.69 Å². The summed E-state index contributed by atoms with van der Waals surface area (Å²) in [4.78, 5) is 18.4. The van der Waals surface area contributed by atoms with Crippen molar-refractivity contribution in [1.29, 1.82) is 0 Å². The van der Waals surface area contributed by atoms with Crippen LogP contribution in [-0.4, -0.2) is 121 Å². The predicted octanol–water partition coefficient (Wildman–Crippen LogP) is 7.54. The van der Waals surface area contributed by atoms with E-state index >= 15 is 0 Å². The molecule has 1 saturated carbocycles. The van der Waals surface area contributed by atoms with E-state index in [1.165, 1.54) is 28.6 Å². The lowest BCUT2D eigenvalue weighted by atomic mass is 9.64. The topological polar surface area (TPSA) is 120 Å². The van der Waals surface area contributed by atoms with Crippen molar-refractivity contribution in [2.45, 2.75) is 92.6 Å². The average Bonchev–Trinajstić information content (AvgIpc) is 3.35. The van der Waals surface area contributed by atoms with Crippen molar-refractivity contribution in [2.75, 3.05) is 79.9 Å². The van der Waals surface area contributed by atoms with Gasteiger partial charge < -0.3 is 24.8 Å². The molecule has 6 atom stereocenters. The molecule has 3 saturated heterocycles. The van der Waals surface area contributed by atoms with Gasteiger partial charge in [-0.3, -0.25) is 9.69 Å². The number of aryl methyl sites for hydroxylation is 1. The van der Waals surface area contributed by atoms with E-state index in [1.807, 2.05) is 54.7 Å². The number of aliphatic hydroxyl groups is 1. The van der Waals surface area contributed by atoms with Crippen LogP contribution in [-0.2, 0) is 26.6 Å². The SMILES string of the molecule is C1CN(C2COC2)CCN1.CCI.C[C@@H]1[C@@H](C)C/C=C/[C@@](O)(C2SCCCS2)[C@@H]2CC[C@H]2CN2C[C@@]3(CCCc4cc(Cl)ccc43)COc3ccc(cc32)C(=O)NS1(=O)=O. The van der Waals surface area contributed by atoms with E-state index in [0.29, 0.717) is 31.9 Å². The zero-order valence-electron chi connectivity index (χ0n) is 35.4. The number of carbonyl (C=O) groups is 1. The van der Waals surface area contributed by atoms with Gasteiger partial charge in [0.1, 0.15) is 11.4 Å². The number of alkyl halides is 1. The van der Waals surface area contributed by atoms with E-state index < -0.39 is 26.8 Å². The Morgan fingerprint density at radius 1 is 1.05 bits per heavy atom. The lowest BCUT2D eigenvalue weighted by Gasteiger charge is -2.51. The number of halogens is 2. The van der Waals surface area contributed by atoms with Gasteiger partial charge >= 0.3 is 0 Å². The Kier molecular flexibility index (Phi) is 16.1. The summed E-state index contributed by atoms with van der Waals surface area (Å²) in [5.41, 5.74) is 2.32. The summed E-state index contributed by atoms with van der Waals surface area (Å²) in [5.74, 6) is 2.18. The van der Waals surface area contributed by atoms with Gasteiger partial charge in [-0.1, -0.05) is 66.3 Å². The second kappa shape index (κ2) is 20.7. The Morgan fingerprint density at radius 2 is 1.80 bits per heavy atom. The third-order valence-electron chi connectivity index (χ3n) is 13.7. The zero-order chi connectivity index (χ0) is 42.5. The summed E-state index contributed by atoms with van der Waals surface area (Å²) < 4.78 is 42.2. The second-order valence-corrected chi connectivity index (χ2v) is 24.3. The molecule has 7 aliphatic rings. The molecule has 60 heavy (non-hydrogen) atoms. The fourth-order valence-electron chi connectivity index (χ4n) is 9.80. The van der Waals surface area contributed by atoms with Crippen molar-refractivity contribution in [3.05, 3.63) is 70.3 Å². The van der Waals surface area contributed by atoms with Crippen LogP contribution in [0.15, 0.2) is 48.6 Å². The van der Waals surface area contributed by atoms with E-state index in [9.17, 15) is 18.3 Å². The maximum absolute atomic E-state index is 13.5. The van der Waals surface area contributed by atoms with Gasteiger partial charge in [-0.15, -0.1) is 23.5 Å². The van der Waals surface area contributed by atoms with Gasteiger partial charge in [-0.2, -0.15) is 0 Å². The van der Waals surface area contributed by atoms with Gasteiger partial charge in [0.15, 0.2) is 0 Å². The molecule has 0 radical (unpaired) electrons. The summed E-state index contributed by atoms with van der Waals surface area (Å²) in [7, 11) is -3.95. The molecule has 4 fully saturated rings. The van der Waals surface area contributed by atoms with Crippen molar-refractivity contribution in [3.63, 3.8) is 0 Å². The van der Waals surface area contributed by atoms with Gasteiger partial charge in [-0.25, -0.2) is 13.1 Å². The zero-order valence-corrected chi connectivity index (χ0v) is 40.7. The number of piperazine rings is 1. The lowest BCUT2D eigenvalue weighted by Crippen LogP contribution is -2.55. The third-order valence-corrected chi connectivity index (χ3v) is 19.1. The number of nitrogens with zero attached hydrogens (tertiary/aromatic N) is 2. The fraction of sp³-hybridized carbons (Fsp3) is 0.667. The highest BCUT2D eigenvalue weighted by Crippen LogP contribution is 2.53. The third kappa shape index (κ3) is 10.5. The number of hydrogen-bond donors (Lipinski definition) is 3. The van der Waals surface area contributed by atoms with Gasteiger partial charge in [0, 0.05) is 55.3 Å². The van der Waals surface area contributed by atoms with Crippen LogP contribution in [0.25, 0.3) is 0 Å². The minimum absolute atomic E-state index is 0.0302. The highest BCUT2D eigenvalue weighted by molar-refractivity contribution is 14.1. The van der Waals surface area contributed by atoms with Gasteiger partial charge in [0.05, 0.1) is 41.4 Å². The molecule has 3 N–H and O–H groups in total. The van der Waals surface area contributed by atoms with Crippen LogP contribution in [0.2, 0.25) is 5.02 Å². The number of ether oxygens (including phenoxy) is 2. The quantitative estimate of drug-likeness (QED) is 0.157. The summed E-state index contributed by atoms with van der Waals surface area (Å²) >= 11 is 12.4. The summed E-state index contributed by atoms with van der Waals surface area (Å²) in [5, 5.41) is 15.9. The largest absolute Gasteiger partial charge is 0.490 e. The molecule has 2 aliphatic carbocycles. The number of anilines is 1. The molecule has 15 heteroatoms. The molecule has 5 heterocycles. The lowest BCUT2D eigenvalue weighted by molar-refractivity contribution is -0.0677. The second-order valence-electron chi connectivity index (χ2n) is 17.6. The molecule has 1 amide bonds. The molecule has 9 rings (SSSR count). The standard InChI is InChI=1S/C36H45ClN2O5S3.C7H14N2O.C2H5I/c1-23-6-3-15-36(41,34-45-16-5-17-46-34)30-11-8-27(30)20-39-21-35(14-4-7-25-18-28(37)10-12-29(25)35)22-44-32-13-9-26(19-31(32)39)33(40)38-47(42,43)24(23)2;1-3-9(4-2-8-1)7-5-10-6-7;1-2-3/h3,9-10,12-13,15,18-19,23-24,27,30,34,41H,4-8,11,14,16-17,20-22H2,1-2H3,(H,38,40);7-8H,1-6H2;2H2,1H3/b15-3+;;/t23-,24+,27-,30+,35-,36-;;/m0../s1. The number of fused-ring (bicyclic) bond motifs is 4. The van der Waals surface area contributed by atoms with Crippen LogP contribution < -0.4 is 19.7 Å². The van der Waals surface area contributed by atoms with Crippen LogP contribution >= 0.6 is 57.7 Å². The summed E-state index contributed by atoms with van der Waals surface area (Å²) in [6.45, 7) is 14.2. The van der Waals surface area contributed by atoms with E-state index in [-0.39, 0.29) is 33.3 Å². The van der Waals surface area contributed by atoms with Gasteiger partial charge in [0.2, 0.25) is 10.0 Å². The van der Waals surface area contributed by atoms with E-state index in [4.69, 9.17) is 21.1 Å². The molecular formula is C45H64ClIN4O6S3. The van der Waals surface area contributed by atoms with Crippen molar-refractivity contribution < 1.29 is 27.8 Å². The molecule has 332 valence electrons. The highest BCUT2D eigenvalue weighted by atomic mass is 127. The molecule has 2 aromatic carbocycles. The Hall–Kier alpha value is -1.24. The molecule has 0 unspecified atom stereocenters. The number of hydrogen-bond acceptors (Lipinski definition) is 11. The van der Waals surface area contributed by atoms with Gasteiger partial charge in [0.25, 0.3) is 5.91 Å². The van der Waals surface area contributed by atoms with Crippen molar-refractivity contribution in [2.24, 2.45) is 17.8 Å². The summed E-state index contributed by atoms with van der Waals surface area (Å²) in [6, 6.07) is 12.2. The minimum atomic E-state index is -3.95. The fourth-order valence-corrected chi connectivity index (χ4v) is 14.5. The number of nitrogens with one attached hydrogen (secondary N) is 2. The van der Waals surface area contributed by atoms with Gasteiger partial charge in [-0.05, 0) is 127 Å². The molecule has 2 bridgehead atoms. The molecular weight excluding hydrogens is 951 g/mol. The molecule has 2 aromatic rings. The number of benzene rings is 2. The first-order chi connectivity index (χ1) is 28.9. The van der Waals surface area contributed by atoms with Crippen molar-refractivity contribution in [3.8, 4) is 5.75 Å². The molecule has 5 aliphatic heterocycles. The van der Waals surface area contributed by atoms with E-state index in [1.54, 1.807) is 19.1 Å². The smallest absolute Gasteiger partial charge is 0.264 e. The van der Waals surface area contributed by atoms with Crippen molar-refractivity contribution >= 4 is 79.3 Å². The van der Waals surface area contributed by atoms with Crippen molar-refractivity contribution in [1.82, 2.24) is 14.9 Å². The van der Waals surface area contributed by atoms with Crippen LogP contribution in [0, 0.1) is 17.8 Å². The average molecular weight is 1020 g/mol. The van der Waals surface area contributed by atoms with E-state index in [0.717, 1.165) is 93.1 Å². The number of rotatable bonds is 2. The van der Waals surface area contributed by atoms with Crippen LogP contribution in [0.3, 0.4) is 0 Å². The van der Waals surface area contributed by atoms with E-state index in [2.05, 4.69) is 61.5 Å². The summed E-state index contributed by atoms with van der Waals surface area (Å²) in [6.07, 6.45) is 10.5. The first-order valence-corrected chi connectivity index (χ1v) is 27.5. The molecule has 10 nitrogen and oxygen atoms in total. The van der Waals surface area contributed by atoms with Crippen LogP contribution in [0.5, 0.6) is 5.75 Å². The predicted molar refractivity (Wildman–Crippen MR) is 257 cm³/mol. The first-order valence-electron chi connectivity index (χ1n) is 22.0. The Balaban J connectivity index is 0.000000357. The number of allylic oxidation sites excluding steroid dienone is 1. The maximum atomic E-state index is 13.5. The van der Waals surface area contributed by atoms with Crippen LogP contribution in [0.1, 0.15) is 80.8 Å². The monoisotopic (exact) mass is 1010 g/mol. The normalized spacial score (nSPS) is 32.7. The first kappa shape index (κ1) is 46.7. The Morgan fingerprint density at radius 3 is 2.48 bits per heavy atom.